The molecule has 0 aromatic carbocycles. The van der Waals surface area contributed by atoms with Crippen LogP contribution < -0.4 is 5.32 Å². The highest BCUT2D eigenvalue weighted by atomic mass is 16.5. The van der Waals surface area contributed by atoms with Crippen LogP contribution in [0.3, 0.4) is 0 Å². The Morgan fingerprint density at radius 1 is 1.60 bits per heavy atom. The van der Waals surface area contributed by atoms with Crippen molar-refractivity contribution in [3.8, 4) is 0 Å². The minimum Gasteiger partial charge on any atom is -0.382 e. The van der Waals surface area contributed by atoms with Crippen LogP contribution in [0.25, 0.3) is 0 Å². The van der Waals surface area contributed by atoms with Crippen LogP contribution in [-0.2, 0) is 4.74 Å². The summed E-state index contributed by atoms with van der Waals surface area (Å²) in [5.41, 5.74) is 0.509. The van der Waals surface area contributed by atoms with Crippen LogP contribution in [-0.4, -0.2) is 26.3 Å². The van der Waals surface area contributed by atoms with Crippen molar-refractivity contribution in [3.05, 3.63) is 0 Å². The number of ether oxygens (including phenoxy) is 1. The molecule has 0 bridgehead atoms. The summed E-state index contributed by atoms with van der Waals surface area (Å²) in [5.74, 6) is 0. The second-order valence-electron chi connectivity index (χ2n) is 3.66. The van der Waals surface area contributed by atoms with Gasteiger partial charge in [0.25, 0.3) is 0 Å². The Kier molecular flexibility index (Phi) is 2.32. The first-order valence-electron chi connectivity index (χ1n) is 3.90. The Hall–Kier alpha value is -0.0800. The first kappa shape index (κ1) is 8.02. The summed E-state index contributed by atoms with van der Waals surface area (Å²) >= 11 is 0. The second kappa shape index (κ2) is 2.89. The van der Waals surface area contributed by atoms with Gasteiger partial charge in [0.15, 0.2) is 0 Å². The van der Waals surface area contributed by atoms with E-state index in [1.807, 2.05) is 0 Å². The highest BCUT2D eigenvalue weighted by Crippen LogP contribution is 2.27. The van der Waals surface area contributed by atoms with Gasteiger partial charge in [0.2, 0.25) is 0 Å². The van der Waals surface area contributed by atoms with E-state index in [1.54, 1.807) is 7.11 Å². The van der Waals surface area contributed by atoms with E-state index in [9.17, 15) is 0 Å². The molecule has 1 saturated heterocycles. The molecule has 2 heteroatoms. The smallest absolute Gasteiger partial charge is 0.0549 e. The van der Waals surface area contributed by atoms with Crippen molar-refractivity contribution in [2.45, 2.75) is 26.4 Å². The first-order chi connectivity index (χ1) is 4.66. The minimum absolute atomic E-state index is 0.409. The third-order valence-corrected chi connectivity index (χ3v) is 2.29. The van der Waals surface area contributed by atoms with Gasteiger partial charge in [-0.3, -0.25) is 0 Å². The third kappa shape index (κ3) is 1.70. The average molecular weight is 143 g/mol. The Bertz CT molecular complexity index is 110. The van der Waals surface area contributed by atoms with Gasteiger partial charge in [0.1, 0.15) is 0 Å². The zero-order valence-corrected chi connectivity index (χ0v) is 7.11. The number of rotatable bonds is 3. The molecule has 0 amide bonds. The van der Waals surface area contributed by atoms with Crippen molar-refractivity contribution in [1.82, 2.24) is 5.32 Å². The molecule has 10 heavy (non-hydrogen) atoms. The topological polar surface area (TPSA) is 21.3 Å². The molecule has 0 aromatic heterocycles. The van der Waals surface area contributed by atoms with Gasteiger partial charge in [0.05, 0.1) is 6.10 Å². The SMILES string of the molecule is COC(C)CC1(C)CNC1. The van der Waals surface area contributed by atoms with E-state index < -0.39 is 0 Å². The molecule has 0 spiro atoms. The molecule has 1 heterocycles. The van der Waals surface area contributed by atoms with E-state index in [-0.39, 0.29) is 0 Å². The Balaban J connectivity index is 2.22. The molecule has 2 nitrogen and oxygen atoms in total. The lowest BCUT2D eigenvalue weighted by molar-refractivity contribution is 0.0475. The average Bonchev–Trinajstić information content (AvgIpc) is 1.84. The molecule has 1 rings (SSSR count). The van der Waals surface area contributed by atoms with Gasteiger partial charge in [0, 0.05) is 20.2 Å². The van der Waals surface area contributed by atoms with E-state index in [0.29, 0.717) is 11.5 Å². The minimum atomic E-state index is 0.409. The fourth-order valence-electron chi connectivity index (χ4n) is 1.47. The second-order valence-corrected chi connectivity index (χ2v) is 3.66. The summed E-state index contributed by atoms with van der Waals surface area (Å²) in [4.78, 5) is 0. The maximum Gasteiger partial charge on any atom is 0.0549 e. The van der Waals surface area contributed by atoms with E-state index >= 15 is 0 Å². The van der Waals surface area contributed by atoms with Gasteiger partial charge < -0.3 is 10.1 Å². The van der Waals surface area contributed by atoms with Gasteiger partial charge in [-0.1, -0.05) is 6.92 Å². The predicted octanol–water partition coefficient (Wildman–Crippen LogP) is 1.02. The summed E-state index contributed by atoms with van der Waals surface area (Å²) in [5, 5.41) is 3.28. The van der Waals surface area contributed by atoms with Crippen molar-refractivity contribution < 1.29 is 4.74 Å². The van der Waals surface area contributed by atoms with Crippen molar-refractivity contribution in [2.75, 3.05) is 20.2 Å². The molecule has 0 radical (unpaired) electrons. The highest BCUT2D eigenvalue weighted by molar-refractivity contribution is 4.89. The van der Waals surface area contributed by atoms with Crippen LogP contribution in [0.5, 0.6) is 0 Å². The zero-order valence-electron chi connectivity index (χ0n) is 7.11. The molecule has 1 fully saturated rings. The summed E-state index contributed by atoms with van der Waals surface area (Å²) < 4.78 is 5.19. The summed E-state index contributed by atoms with van der Waals surface area (Å²) in [6.07, 6.45) is 1.59. The predicted molar refractivity (Wildman–Crippen MR) is 42.1 cm³/mol. The lowest BCUT2D eigenvalue weighted by Gasteiger charge is -2.40. The molecule has 0 aromatic rings. The van der Waals surface area contributed by atoms with Crippen LogP contribution >= 0.6 is 0 Å². The number of hydrogen-bond acceptors (Lipinski definition) is 2. The van der Waals surface area contributed by atoms with Gasteiger partial charge >= 0.3 is 0 Å². The van der Waals surface area contributed by atoms with E-state index in [0.717, 1.165) is 13.1 Å². The highest BCUT2D eigenvalue weighted by Gasteiger charge is 2.32. The summed E-state index contributed by atoms with van der Waals surface area (Å²) in [6.45, 7) is 6.74. The molecule has 1 N–H and O–H groups in total. The zero-order chi connectivity index (χ0) is 7.61. The third-order valence-electron chi connectivity index (χ3n) is 2.29. The van der Waals surface area contributed by atoms with E-state index in [2.05, 4.69) is 19.2 Å². The van der Waals surface area contributed by atoms with Crippen LogP contribution in [0.4, 0.5) is 0 Å². The van der Waals surface area contributed by atoms with Crippen molar-refractivity contribution in [3.63, 3.8) is 0 Å². The number of hydrogen-bond donors (Lipinski definition) is 1. The van der Waals surface area contributed by atoms with Crippen LogP contribution in [0.15, 0.2) is 0 Å². The lowest BCUT2D eigenvalue weighted by atomic mass is 9.79. The van der Waals surface area contributed by atoms with Crippen LogP contribution in [0, 0.1) is 5.41 Å². The fourth-order valence-corrected chi connectivity index (χ4v) is 1.47. The molecular formula is C8H17NO. The first-order valence-corrected chi connectivity index (χ1v) is 3.90. The van der Waals surface area contributed by atoms with Crippen molar-refractivity contribution >= 4 is 0 Å². The maximum absolute atomic E-state index is 5.19. The monoisotopic (exact) mass is 143 g/mol. The van der Waals surface area contributed by atoms with Gasteiger partial charge in [-0.15, -0.1) is 0 Å². The normalized spacial score (nSPS) is 25.5. The Morgan fingerprint density at radius 2 is 2.20 bits per heavy atom. The maximum atomic E-state index is 5.19. The molecule has 1 atom stereocenters. The molecule has 1 aliphatic rings. The number of nitrogens with one attached hydrogen (secondary N) is 1. The van der Waals surface area contributed by atoms with Gasteiger partial charge in [-0.05, 0) is 18.8 Å². The standard InChI is InChI=1S/C8H17NO/c1-7(10-3)4-8(2)5-9-6-8/h7,9H,4-6H2,1-3H3. The summed E-state index contributed by atoms with van der Waals surface area (Å²) in [7, 11) is 1.78. The van der Waals surface area contributed by atoms with Gasteiger partial charge in [-0.2, -0.15) is 0 Å². The largest absolute Gasteiger partial charge is 0.382 e. The van der Waals surface area contributed by atoms with Crippen LogP contribution in [0.1, 0.15) is 20.3 Å². The fraction of sp³-hybridized carbons (Fsp3) is 1.00. The van der Waals surface area contributed by atoms with Crippen molar-refractivity contribution in [2.24, 2.45) is 5.41 Å². The Morgan fingerprint density at radius 3 is 2.50 bits per heavy atom. The van der Waals surface area contributed by atoms with Crippen molar-refractivity contribution in [1.29, 1.82) is 0 Å². The van der Waals surface area contributed by atoms with Crippen LogP contribution in [0.2, 0.25) is 0 Å². The molecular weight excluding hydrogens is 126 g/mol. The molecule has 60 valence electrons. The van der Waals surface area contributed by atoms with E-state index in [4.69, 9.17) is 4.74 Å². The van der Waals surface area contributed by atoms with Gasteiger partial charge in [-0.25, -0.2) is 0 Å². The summed E-state index contributed by atoms with van der Waals surface area (Å²) in [6, 6.07) is 0. The molecule has 0 aliphatic carbocycles. The van der Waals surface area contributed by atoms with E-state index in [1.165, 1.54) is 6.42 Å². The lowest BCUT2D eigenvalue weighted by Crippen LogP contribution is -2.52. The Labute approximate surface area is 63.0 Å². The molecule has 1 aliphatic heterocycles. The number of methoxy groups -OCH3 is 1. The quantitative estimate of drug-likeness (QED) is 0.637. The molecule has 1 unspecified atom stereocenters. The molecule has 0 saturated carbocycles.